The highest BCUT2D eigenvalue weighted by molar-refractivity contribution is 5.80. The second kappa shape index (κ2) is 8.80. The van der Waals surface area contributed by atoms with Crippen LogP contribution in [0.2, 0.25) is 0 Å². The van der Waals surface area contributed by atoms with Gasteiger partial charge in [0.2, 0.25) is 0 Å². The molecule has 6 heteroatoms. The van der Waals surface area contributed by atoms with Crippen LogP contribution in [0, 0.1) is 0 Å². The van der Waals surface area contributed by atoms with Gasteiger partial charge in [-0.3, -0.25) is 4.79 Å². The number of nitrogens with zero attached hydrogens (tertiary/aromatic N) is 2. The first kappa shape index (κ1) is 18.4. The average Bonchev–Trinajstić information content (AvgIpc) is 2.70. The van der Waals surface area contributed by atoms with Crippen LogP contribution in [0.4, 0.5) is 4.79 Å². The van der Waals surface area contributed by atoms with E-state index in [1.807, 2.05) is 60.7 Å². The Morgan fingerprint density at radius 1 is 1.22 bits per heavy atom. The van der Waals surface area contributed by atoms with Gasteiger partial charge in [-0.1, -0.05) is 48.6 Å². The molecular weight excluding hydrogens is 342 g/mol. The van der Waals surface area contributed by atoms with Gasteiger partial charge in [-0.25, -0.2) is 9.78 Å². The first-order chi connectivity index (χ1) is 13.1. The molecule has 0 aliphatic carbocycles. The summed E-state index contributed by atoms with van der Waals surface area (Å²) in [5, 5.41) is 3.30. The van der Waals surface area contributed by atoms with Crippen LogP contribution >= 0.6 is 0 Å². The molecule has 0 radical (unpaired) electrons. The molecule has 0 aliphatic rings. The molecule has 0 saturated carbocycles. The van der Waals surface area contributed by atoms with Gasteiger partial charge >= 0.3 is 6.09 Å². The van der Waals surface area contributed by atoms with E-state index in [0.717, 1.165) is 11.1 Å². The Bertz CT molecular complexity index is 1010. The van der Waals surface area contributed by atoms with E-state index in [1.165, 1.54) is 10.9 Å². The number of aromatic nitrogens is 2. The molecule has 0 atom stereocenters. The summed E-state index contributed by atoms with van der Waals surface area (Å²) in [6.45, 7) is 0.726. The molecule has 3 aromatic rings. The van der Waals surface area contributed by atoms with Crippen LogP contribution in [-0.4, -0.2) is 22.2 Å². The van der Waals surface area contributed by atoms with Crippen LogP contribution in [0.15, 0.2) is 65.7 Å². The largest absolute Gasteiger partial charge is 0.445 e. The predicted molar refractivity (Wildman–Crippen MR) is 105 cm³/mol. The average molecular weight is 363 g/mol. The number of rotatable bonds is 6. The van der Waals surface area contributed by atoms with Crippen molar-refractivity contribution in [2.75, 3.05) is 6.54 Å². The SMILES string of the molecule is Cn1cnc2ccc(C=CCCNC(=O)OCc3ccccc3)cc2c1=O. The van der Waals surface area contributed by atoms with Gasteiger partial charge in [-0.15, -0.1) is 0 Å². The number of benzene rings is 2. The number of carbonyl (C=O) groups excluding carboxylic acids is 1. The third-order valence-electron chi connectivity index (χ3n) is 4.04. The van der Waals surface area contributed by atoms with Crippen LogP contribution in [0.3, 0.4) is 0 Å². The van der Waals surface area contributed by atoms with E-state index in [1.54, 1.807) is 7.05 Å². The molecular formula is C21H21N3O3. The molecule has 6 nitrogen and oxygen atoms in total. The van der Waals surface area contributed by atoms with Gasteiger partial charge in [0.05, 0.1) is 17.2 Å². The molecule has 1 heterocycles. The maximum Gasteiger partial charge on any atom is 0.407 e. The molecule has 0 unspecified atom stereocenters. The van der Waals surface area contributed by atoms with Gasteiger partial charge in [-0.2, -0.15) is 0 Å². The fourth-order valence-corrected chi connectivity index (χ4v) is 2.58. The van der Waals surface area contributed by atoms with E-state index >= 15 is 0 Å². The number of nitrogens with one attached hydrogen (secondary N) is 1. The smallest absolute Gasteiger partial charge is 0.407 e. The summed E-state index contributed by atoms with van der Waals surface area (Å²) < 4.78 is 6.61. The van der Waals surface area contributed by atoms with E-state index in [2.05, 4.69) is 10.3 Å². The van der Waals surface area contributed by atoms with Gasteiger partial charge in [0, 0.05) is 13.6 Å². The lowest BCUT2D eigenvalue weighted by Gasteiger charge is -2.06. The van der Waals surface area contributed by atoms with Crippen LogP contribution in [0.25, 0.3) is 17.0 Å². The highest BCUT2D eigenvalue weighted by Crippen LogP contribution is 2.11. The van der Waals surface area contributed by atoms with Gasteiger partial charge in [-0.05, 0) is 29.7 Å². The zero-order chi connectivity index (χ0) is 19.1. The number of amides is 1. The zero-order valence-corrected chi connectivity index (χ0v) is 15.1. The monoisotopic (exact) mass is 363 g/mol. The first-order valence-corrected chi connectivity index (χ1v) is 8.70. The highest BCUT2D eigenvalue weighted by Gasteiger charge is 2.02. The van der Waals surface area contributed by atoms with Crippen LogP contribution in [0.1, 0.15) is 17.5 Å². The number of ether oxygens (including phenoxy) is 1. The lowest BCUT2D eigenvalue weighted by atomic mass is 10.1. The number of hydrogen-bond acceptors (Lipinski definition) is 4. The van der Waals surface area contributed by atoms with Crippen molar-refractivity contribution in [3.8, 4) is 0 Å². The van der Waals surface area contributed by atoms with E-state index in [0.29, 0.717) is 23.9 Å². The summed E-state index contributed by atoms with van der Waals surface area (Å²) in [7, 11) is 1.68. The van der Waals surface area contributed by atoms with Crippen molar-refractivity contribution in [2.45, 2.75) is 13.0 Å². The molecule has 0 bridgehead atoms. The minimum atomic E-state index is -0.437. The lowest BCUT2D eigenvalue weighted by molar-refractivity contribution is 0.140. The molecule has 0 aliphatic heterocycles. The Kier molecular flexibility index (Phi) is 5.99. The number of fused-ring (bicyclic) bond motifs is 1. The topological polar surface area (TPSA) is 73.2 Å². The quantitative estimate of drug-likeness (QED) is 0.682. The Hall–Kier alpha value is -3.41. The Balaban J connectivity index is 1.47. The summed E-state index contributed by atoms with van der Waals surface area (Å²) in [5.41, 5.74) is 2.47. The highest BCUT2D eigenvalue weighted by atomic mass is 16.5. The first-order valence-electron chi connectivity index (χ1n) is 8.70. The molecule has 1 aromatic heterocycles. The van der Waals surface area contributed by atoms with E-state index in [4.69, 9.17) is 4.74 Å². The van der Waals surface area contributed by atoms with Crippen molar-refractivity contribution in [1.82, 2.24) is 14.9 Å². The van der Waals surface area contributed by atoms with Crippen LogP contribution < -0.4 is 10.9 Å². The fourth-order valence-electron chi connectivity index (χ4n) is 2.58. The molecule has 3 rings (SSSR count). The summed E-state index contributed by atoms with van der Waals surface area (Å²) in [6.07, 6.45) is 5.60. The van der Waals surface area contributed by atoms with E-state index < -0.39 is 6.09 Å². The van der Waals surface area contributed by atoms with Crippen molar-refractivity contribution < 1.29 is 9.53 Å². The van der Waals surface area contributed by atoms with Crippen molar-refractivity contribution in [2.24, 2.45) is 7.05 Å². The second-order valence-electron chi connectivity index (χ2n) is 6.12. The molecule has 0 saturated heterocycles. The summed E-state index contributed by atoms with van der Waals surface area (Å²) in [6, 6.07) is 15.1. The van der Waals surface area contributed by atoms with Crippen molar-refractivity contribution in [3.63, 3.8) is 0 Å². The van der Waals surface area contributed by atoms with Gasteiger partial charge < -0.3 is 14.6 Å². The third-order valence-corrected chi connectivity index (χ3v) is 4.04. The minimum absolute atomic E-state index is 0.0712. The number of aryl methyl sites for hydroxylation is 1. The molecule has 2 aromatic carbocycles. The minimum Gasteiger partial charge on any atom is -0.445 e. The summed E-state index contributed by atoms with van der Waals surface area (Å²) >= 11 is 0. The molecule has 0 fully saturated rings. The number of alkyl carbamates (subject to hydrolysis) is 1. The molecule has 27 heavy (non-hydrogen) atoms. The van der Waals surface area contributed by atoms with Gasteiger partial charge in [0.25, 0.3) is 5.56 Å². The maximum atomic E-state index is 12.1. The van der Waals surface area contributed by atoms with Crippen LogP contribution in [-0.2, 0) is 18.4 Å². The number of carbonyl (C=O) groups is 1. The summed E-state index contributed by atoms with van der Waals surface area (Å²) in [4.78, 5) is 28.0. The van der Waals surface area contributed by atoms with Crippen molar-refractivity contribution in [3.05, 3.63) is 82.4 Å². The van der Waals surface area contributed by atoms with Gasteiger partial charge in [0.1, 0.15) is 6.61 Å². The standard InChI is InChI=1S/C21H21N3O3/c1-24-15-23-19-11-10-16(13-18(19)20(24)25)7-5-6-12-22-21(26)27-14-17-8-3-2-4-9-17/h2-5,7-11,13,15H,6,12,14H2,1H3,(H,22,26). The lowest BCUT2D eigenvalue weighted by Crippen LogP contribution is -2.24. The molecule has 1 N–H and O–H groups in total. The molecule has 1 amide bonds. The third kappa shape index (κ3) is 5.04. The molecule has 138 valence electrons. The summed E-state index contributed by atoms with van der Waals surface area (Å²) in [5.74, 6) is 0. The number of hydrogen-bond donors (Lipinski definition) is 1. The van der Waals surface area contributed by atoms with E-state index in [9.17, 15) is 9.59 Å². The van der Waals surface area contributed by atoms with Crippen molar-refractivity contribution in [1.29, 1.82) is 0 Å². The van der Waals surface area contributed by atoms with Crippen molar-refractivity contribution >= 4 is 23.1 Å². The molecule has 0 spiro atoms. The van der Waals surface area contributed by atoms with E-state index in [-0.39, 0.29) is 12.2 Å². The van der Waals surface area contributed by atoms with Crippen LogP contribution in [0.5, 0.6) is 0 Å². The fraction of sp³-hybridized carbons (Fsp3) is 0.190. The Morgan fingerprint density at radius 3 is 2.85 bits per heavy atom. The van der Waals surface area contributed by atoms with Gasteiger partial charge in [0.15, 0.2) is 0 Å². The Labute approximate surface area is 157 Å². The second-order valence-corrected chi connectivity index (χ2v) is 6.12. The normalized spacial score (nSPS) is 11.0. The zero-order valence-electron chi connectivity index (χ0n) is 15.1. The predicted octanol–water partition coefficient (Wildman–Crippen LogP) is 3.26. The Morgan fingerprint density at radius 2 is 2.04 bits per heavy atom. The maximum absolute atomic E-state index is 12.1.